The quantitative estimate of drug-likeness (QED) is 0.451. The molecular weight excluding hydrogens is 371 g/mol. The molecular formula is C6H18N2O3PtSi. The molecule has 84 valence electrons. The van der Waals surface area contributed by atoms with E-state index in [-0.39, 0.29) is 21.1 Å². The van der Waals surface area contributed by atoms with E-state index in [0.29, 0.717) is 0 Å². The number of hydrogen-bond acceptors (Lipinski definition) is 4. The third-order valence-electron chi connectivity index (χ3n) is 1.24. The Hall–Kier alpha value is 0.255. The molecule has 13 heavy (non-hydrogen) atoms. The predicted octanol–water partition coefficient (Wildman–Crippen LogP) is -1.25. The molecule has 0 rings (SSSR count). The largest absolute Gasteiger partial charge is 0.480 e. The molecule has 0 aromatic heterocycles. The molecule has 7 heteroatoms. The minimum absolute atomic E-state index is 0. The second-order valence-electron chi connectivity index (χ2n) is 3.12. The van der Waals surface area contributed by atoms with Gasteiger partial charge in [-0.3, -0.25) is 0 Å². The molecule has 0 aliphatic rings. The Kier molecular flexibility index (Phi) is 15.1. The number of nitrogens with two attached hydrogens (primary N) is 2. The number of hydrogen-bond donors (Lipinski definition) is 4. The Balaban J connectivity index is -0.000000150. The van der Waals surface area contributed by atoms with Gasteiger partial charge in [0.2, 0.25) is 0 Å². The molecule has 5 nitrogen and oxygen atoms in total. The minimum atomic E-state index is -1.19. The van der Waals surface area contributed by atoms with E-state index in [1.807, 2.05) is 0 Å². The molecule has 0 aliphatic heterocycles. The zero-order valence-corrected chi connectivity index (χ0v) is 11.2. The van der Waals surface area contributed by atoms with Gasteiger partial charge in [-0.2, -0.15) is 0 Å². The third-order valence-corrected chi connectivity index (χ3v) is 3.45. The summed E-state index contributed by atoms with van der Waals surface area (Å²) >= 11 is 0. The molecule has 0 aromatic rings. The van der Waals surface area contributed by atoms with Crippen LogP contribution >= 0.6 is 0 Å². The molecule has 0 heterocycles. The second-order valence-corrected chi connectivity index (χ2v) is 8.27. The third kappa shape index (κ3) is 18.9. The van der Waals surface area contributed by atoms with E-state index >= 15 is 0 Å². The van der Waals surface area contributed by atoms with Crippen LogP contribution in [0.4, 0.5) is 0 Å². The molecule has 0 fully saturated rings. The fraction of sp³-hybridized carbons (Fsp3) is 0.833. The average molecular weight is 389 g/mol. The first-order chi connectivity index (χ1) is 5.39. The van der Waals surface area contributed by atoms with Crippen molar-refractivity contribution in [1.29, 1.82) is 0 Å². The summed E-state index contributed by atoms with van der Waals surface area (Å²) < 4.78 is 0. The van der Waals surface area contributed by atoms with Gasteiger partial charge in [-0.15, -0.1) is 0 Å². The smallest absolute Gasteiger partial charge is 0.329 e. The number of aliphatic hydroxyl groups excluding tert-OH is 1. The number of carbonyl (C=O) groups is 1. The van der Waals surface area contributed by atoms with Gasteiger partial charge in [0, 0.05) is 21.1 Å². The van der Waals surface area contributed by atoms with Crippen LogP contribution in [0, 0.1) is 0 Å². The fourth-order valence-electron chi connectivity index (χ4n) is 0.0833. The first-order valence-corrected chi connectivity index (χ1v) is 7.04. The minimum Gasteiger partial charge on any atom is -0.480 e. The van der Waals surface area contributed by atoms with Gasteiger partial charge in [-0.05, 0) is 12.3 Å². The van der Waals surface area contributed by atoms with Crippen molar-refractivity contribution in [2.45, 2.75) is 13.1 Å². The summed E-state index contributed by atoms with van der Waals surface area (Å²) in [4.78, 5) is 9.12. The van der Waals surface area contributed by atoms with Crippen LogP contribution in [-0.2, 0) is 25.9 Å². The van der Waals surface area contributed by atoms with Crippen molar-refractivity contribution in [3.05, 3.63) is 0 Å². The van der Waals surface area contributed by atoms with Crippen LogP contribution in [0.5, 0.6) is 0 Å². The maximum absolute atomic E-state index is 9.12. The van der Waals surface area contributed by atoms with Crippen molar-refractivity contribution in [3.8, 4) is 0 Å². The van der Waals surface area contributed by atoms with E-state index in [2.05, 4.69) is 13.1 Å². The van der Waals surface area contributed by atoms with E-state index in [9.17, 15) is 0 Å². The van der Waals surface area contributed by atoms with Crippen molar-refractivity contribution in [2.75, 3.05) is 18.9 Å². The van der Waals surface area contributed by atoms with Gasteiger partial charge in [0.05, 0.1) is 8.07 Å². The predicted molar refractivity (Wildman–Crippen MR) is 50.3 cm³/mol. The van der Waals surface area contributed by atoms with E-state index in [4.69, 9.17) is 26.5 Å². The molecule has 0 bridgehead atoms. The number of carboxylic acids is 1. The summed E-state index contributed by atoms with van der Waals surface area (Å²) in [5, 5.41) is 15.0. The number of rotatable bonds is 3. The first-order valence-electron chi connectivity index (χ1n) is 3.62. The summed E-state index contributed by atoms with van der Waals surface area (Å²) in [6.07, 6.45) is 1.62. The summed E-state index contributed by atoms with van der Waals surface area (Å²) in [6, 6.07) is 0. The topological polar surface area (TPSA) is 110 Å². The Morgan fingerprint density at radius 1 is 1.31 bits per heavy atom. The number of aliphatic hydroxyl groups is 1. The molecule has 0 saturated carbocycles. The van der Waals surface area contributed by atoms with Crippen molar-refractivity contribution >= 4 is 14.0 Å². The average Bonchev–Trinajstić information content (AvgIpc) is 2.05. The fourth-order valence-corrected chi connectivity index (χ4v) is 0.250. The molecule has 0 aliphatic carbocycles. The first kappa shape index (κ1) is 18.9. The molecule has 0 radical (unpaired) electrons. The molecule has 0 spiro atoms. The Morgan fingerprint density at radius 2 is 1.54 bits per heavy atom. The molecule has 0 atom stereocenters. The van der Waals surface area contributed by atoms with Crippen LogP contribution in [0.3, 0.4) is 0 Å². The van der Waals surface area contributed by atoms with Gasteiger partial charge in [-0.1, -0.05) is 13.1 Å². The molecule has 0 amide bonds. The standard InChI is InChI=1S/C4H14N2Si.C2H4O3.Pt/c1-7(2,3-5)4-6;3-1-2(4)5;/h3-6H2,1-2H3;3H,1H2,(H,4,5);. The van der Waals surface area contributed by atoms with E-state index in [1.165, 1.54) is 0 Å². The van der Waals surface area contributed by atoms with Crippen LogP contribution in [0.15, 0.2) is 0 Å². The normalized spacial score (nSPS) is 9.31. The summed E-state index contributed by atoms with van der Waals surface area (Å²) in [5.41, 5.74) is 10.8. The van der Waals surface area contributed by atoms with E-state index in [1.54, 1.807) is 0 Å². The van der Waals surface area contributed by atoms with Crippen molar-refractivity contribution in [2.24, 2.45) is 11.5 Å². The van der Waals surface area contributed by atoms with Gasteiger partial charge in [0.15, 0.2) is 0 Å². The van der Waals surface area contributed by atoms with Crippen LogP contribution < -0.4 is 11.5 Å². The van der Waals surface area contributed by atoms with Crippen LogP contribution in [-0.4, -0.2) is 43.2 Å². The maximum atomic E-state index is 9.12. The van der Waals surface area contributed by atoms with E-state index in [0.717, 1.165) is 12.3 Å². The van der Waals surface area contributed by atoms with Crippen molar-refractivity contribution < 1.29 is 36.1 Å². The Labute approximate surface area is 93.8 Å². The van der Waals surface area contributed by atoms with Crippen LogP contribution in [0.2, 0.25) is 13.1 Å². The van der Waals surface area contributed by atoms with Crippen molar-refractivity contribution in [3.63, 3.8) is 0 Å². The number of aliphatic carboxylic acids is 1. The second kappa shape index (κ2) is 10.3. The number of carboxylic acid groups (broad SMARTS) is 1. The maximum Gasteiger partial charge on any atom is 0.329 e. The summed E-state index contributed by atoms with van der Waals surface area (Å²) in [5.74, 6) is -1.19. The molecule has 0 saturated heterocycles. The zero-order chi connectivity index (χ0) is 10.2. The SMILES string of the molecule is C[Si](C)(CN)CN.O=C(O)CO.[Pt]. The van der Waals surface area contributed by atoms with Crippen molar-refractivity contribution in [1.82, 2.24) is 0 Å². The van der Waals surface area contributed by atoms with Gasteiger partial charge in [0.1, 0.15) is 6.61 Å². The van der Waals surface area contributed by atoms with Crippen LogP contribution in [0.1, 0.15) is 0 Å². The van der Waals surface area contributed by atoms with Gasteiger partial charge in [0.25, 0.3) is 0 Å². The summed E-state index contributed by atoms with van der Waals surface area (Å²) in [7, 11) is -1.10. The van der Waals surface area contributed by atoms with Crippen LogP contribution in [0.25, 0.3) is 0 Å². The molecule has 0 unspecified atom stereocenters. The molecule has 0 aromatic carbocycles. The monoisotopic (exact) mass is 389 g/mol. The zero-order valence-electron chi connectivity index (χ0n) is 7.89. The van der Waals surface area contributed by atoms with Gasteiger partial charge < -0.3 is 21.7 Å². The van der Waals surface area contributed by atoms with E-state index < -0.39 is 20.7 Å². The summed E-state index contributed by atoms with van der Waals surface area (Å²) in [6.45, 7) is 3.60. The molecule has 6 N–H and O–H groups in total. The Bertz CT molecular complexity index is 129. The Morgan fingerprint density at radius 3 is 1.54 bits per heavy atom. The van der Waals surface area contributed by atoms with Gasteiger partial charge in [-0.25, -0.2) is 4.79 Å². The van der Waals surface area contributed by atoms with Gasteiger partial charge >= 0.3 is 5.97 Å².